The summed E-state index contributed by atoms with van der Waals surface area (Å²) in [6.07, 6.45) is 2.20. The van der Waals surface area contributed by atoms with E-state index in [-0.39, 0.29) is 5.78 Å². The Morgan fingerprint density at radius 2 is 1.95 bits per heavy atom. The number of fused-ring (bicyclic) bond motifs is 1. The molecule has 0 radical (unpaired) electrons. The Morgan fingerprint density at radius 3 is 2.68 bits per heavy atom. The molecule has 0 atom stereocenters. The number of methoxy groups -OCH3 is 1. The highest BCUT2D eigenvalue weighted by Crippen LogP contribution is 2.28. The maximum absolute atomic E-state index is 12.5. The fourth-order valence-electron chi connectivity index (χ4n) is 3.01. The predicted octanol–water partition coefficient (Wildman–Crippen LogP) is 3.64. The molecular formula is C19H21NO2. The van der Waals surface area contributed by atoms with Crippen LogP contribution < -0.4 is 9.64 Å². The van der Waals surface area contributed by atoms with E-state index in [1.807, 2.05) is 24.3 Å². The predicted molar refractivity (Wildman–Crippen MR) is 89.0 cm³/mol. The van der Waals surface area contributed by atoms with E-state index in [0.29, 0.717) is 6.54 Å². The number of Topliss-reactive ketones (excluding diaryl/α,β-unsaturated/α-hetero) is 1. The molecule has 0 saturated heterocycles. The molecule has 22 heavy (non-hydrogen) atoms. The van der Waals surface area contributed by atoms with Crippen LogP contribution in [0.3, 0.4) is 0 Å². The summed E-state index contributed by atoms with van der Waals surface area (Å²) < 4.78 is 5.13. The van der Waals surface area contributed by atoms with E-state index >= 15 is 0 Å². The SMILES string of the molecule is COc1ccc(C(=O)CN2CCCc3cc(C)ccc32)cc1. The first-order valence-electron chi connectivity index (χ1n) is 7.69. The van der Waals surface area contributed by atoms with Crippen LogP contribution in [0, 0.1) is 6.92 Å². The lowest BCUT2D eigenvalue weighted by atomic mass is 9.99. The van der Waals surface area contributed by atoms with Crippen LogP contribution in [0.15, 0.2) is 42.5 Å². The number of hydrogen-bond acceptors (Lipinski definition) is 3. The van der Waals surface area contributed by atoms with Crippen LogP contribution in [0.4, 0.5) is 5.69 Å². The normalized spacial score (nSPS) is 13.6. The molecule has 2 aromatic carbocycles. The van der Waals surface area contributed by atoms with Gasteiger partial charge in [-0.25, -0.2) is 0 Å². The average Bonchev–Trinajstić information content (AvgIpc) is 2.55. The second kappa shape index (κ2) is 6.22. The van der Waals surface area contributed by atoms with Gasteiger partial charge < -0.3 is 9.64 Å². The van der Waals surface area contributed by atoms with Gasteiger partial charge in [0, 0.05) is 17.8 Å². The Balaban J connectivity index is 1.77. The first-order valence-corrected chi connectivity index (χ1v) is 7.69. The Bertz CT molecular complexity index is 676. The van der Waals surface area contributed by atoms with Crippen molar-refractivity contribution in [3.63, 3.8) is 0 Å². The van der Waals surface area contributed by atoms with Gasteiger partial charge in [0.1, 0.15) is 5.75 Å². The molecular weight excluding hydrogens is 274 g/mol. The second-order valence-corrected chi connectivity index (χ2v) is 5.81. The Labute approximate surface area is 131 Å². The first-order chi connectivity index (χ1) is 10.7. The lowest BCUT2D eigenvalue weighted by molar-refractivity contribution is 0.0998. The number of benzene rings is 2. The van der Waals surface area contributed by atoms with E-state index in [2.05, 4.69) is 30.0 Å². The molecule has 0 aromatic heterocycles. The summed E-state index contributed by atoms with van der Waals surface area (Å²) in [6.45, 7) is 3.49. The highest BCUT2D eigenvalue weighted by atomic mass is 16.5. The summed E-state index contributed by atoms with van der Waals surface area (Å²) in [4.78, 5) is 14.7. The van der Waals surface area contributed by atoms with Crippen molar-refractivity contribution in [3.8, 4) is 5.75 Å². The molecule has 0 unspecified atom stereocenters. The van der Waals surface area contributed by atoms with Crippen LogP contribution in [-0.4, -0.2) is 26.0 Å². The van der Waals surface area contributed by atoms with Gasteiger partial charge in [0.05, 0.1) is 13.7 Å². The van der Waals surface area contributed by atoms with Gasteiger partial charge in [-0.1, -0.05) is 17.7 Å². The number of hydrogen-bond donors (Lipinski definition) is 0. The van der Waals surface area contributed by atoms with Crippen molar-refractivity contribution < 1.29 is 9.53 Å². The third-order valence-electron chi connectivity index (χ3n) is 4.20. The molecule has 0 amide bonds. The fourth-order valence-corrected chi connectivity index (χ4v) is 3.01. The topological polar surface area (TPSA) is 29.5 Å². The molecule has 0 saturated carbocycles. The van der Waals surface area contributed by atoms with Crippen LogP contribution in [0.1, 0.15) is 27.9 Å². The van der Waals surface area contributed by atoms with Gasteiger partial charge in [0.2, 0.25) is 0 Å². The van der Waals surface area contributed by atoms with Gasteiger partial charge in [0.15, 0.2) is 5.78 Å². The van der Waals surface area contributed by atoms with Crippen LogP contribution in [0.25, 0.3) is 0 Å². The number of rotatable bonds is 4. The lowest BCUT2D eigenvalue weighted by Gasteiger charge is -2.31. The molecule has 1 aliphatic heterocycles. The van der Waals surface area contributed by atoms with Gasteiger partial charge in [-0.05, 0) is 55.7 Å². The molecule has 1 aliphatic rings. The number of nitrogens with zero attached hydrogens (tertiary/aromatic N) is 1. The maximum Gasteiger partial charge on any atom is 0.182 e. The summed E-state index contributed by atoms with van der Waals surface area (Å²) in [7, 11) is 1.63. The number of carbonyl (C=O) groups excluding carboxylic acids is 1. The summed E-state index contributed by atoms with van der Waals surface area (Å²) in [5.41, 5.74) is 4.58. The molecule has 114 valence electrons. The molecule has 0 spiro atoms. The Morgan fingerprint density at radius 1 is 1.18 bits per heavy atom. The molecule has 0 bridgehead atoms. The van der Waals surface area contributed by atoms with Crippen molar-refractivity contribution in [2.45, 2.75) is 19.8 Å². The number of anilines is 1. The minimum absolute atomic E-state index is 0.149. The van der Waals surface area contributed by atoms with Crippen molar-refractivity contribution in [1.82, 2.24) is 0 Å². The van der Waals surface area contributed by atoms with E-state index in [0.717, 1.165) is 30.7 Å². The number of ketones is 1. The third kappa shape index (κ3) is 2.98. The zero-order valence-electron chi connectivity index (χ0n) is 13.1. The minimum Gasteiger partial charge on any atom is -0.497 e. The van der Waals surface area contributed by atoms with Crippen molar-refractivity contribution in [3.05, 3.63) is 59.2 Å². The lowest BCUT2D eigenvalue weighted by Crippen LogP contribution is -2.34. The zero-order valence-corrected chi connectivity index (χ0v) is 13.1. The van der Waals surface area contributed by atoms with Gasteiger partial charge >= 0.3 is 0 Å². The van der Waals surface area contributed by atoms with Gasteiger partial charge in [0.25, 0.3) is 0 Å². The molecule has 2 aromatic rings. The van der Waals surface area contributed by atoms with Crippen molar-refractivity contribution in [2.24, 2.45) is 0 Å². The van der Waals surface area contributed by atoms with E-state index in [9.17, 15) is 4.79 Å². The quantitative estimate of drug-likeness (QED) is 0.807. The highest BCUT2D eigenvalue weighted by Gasteiger charge is 2.19. The summed E-state index contributed by atoms with van der Waals surface area (Å²) >= 11 is 0. The molecule has 0 N–H and O–H groups in total. The van der Waals surface area contributed by atoms with Crippen LogP contribution in [0.2, 0.25) is 0 Å². The molecule has 3 nitrogen and oxygen atoms in total. The highest BCUT2D eigenvalue weighted by molar-refractivity contribution is 5.99. The molecule has 3 heteroatoms. The summed E-state index contributed by atoms with van der Waals surface area (Å²) in [5, 5.41) is 0. The average molecular weight is 295 g/mol. The molecule has 0 aliphatic carbocycles. The van der Waals surface area contributed by atoms with Gasteiger partial charge in [-0.15, -0.1) is 0 Å². The summed E-state index contributed by atoms with van der Waals surface area (Å²) in [6, 6.07) is 13.8. The van der Waals surface area contributed by atoms with Crippen molar-refractivity contribution in [1.29, 1.82) is 0 Å². The monoisotopic (exact) mass is 295 g/mol. The third-order valence-corrected chi connectivity index (χ3v) is 4.20. The second-order valence-electron chi connectivity index (χ2n) is 5.81. The minimum atomic E-state index is 0.149. The van der Waals surface area contributed by atoms with Crippen LogP contribution in [-0.2, 0) is 6.42 Å². The van der Waals surface area contributed by atoms with Crippen molar-refractivity contribution in [2.75, 3.05) is 25.1 Å². The number of carbonyl (C=O) groups is 1. The standard InChI is InChI=1S/C19H21NO2/c1-14-5-10-18-16(12-14)4-3-11-20(18)13-19(21)15-6-8-17(22-2)9-7-15/h5-10,12H,3-4,11,13H2,1-2H3. The first kappa shape index (κ1) is 14.6. The van der Waals surface area contributed by atoms with E-state index in [1.54, 1.807) is 7.11 Å². The van der Waals surface area contributed by atoms with E-state index in [4.69, 9.17) is 4.74 Å². The van der Waals surface area contributed by atoms with E-state index in [1.165, 1.54) is 16.8 Å². The van der Waals surface area contributed by atoms with Crippen molar-refractivity contribution >= 4 is 11.5 Å². The Hall–Kier alpha value is -2.29. The van der Waals surface area contributed by atoms with Crippen LogP contribution in [0.5, 0.6) is 5.75 Å². The fraction of sp³-hybridized carbons (Fsp3) is 0.316. The summed E-state index contributed by atoms with van der Waals surface area (Å²) in [5.74, 6) is 0.923. The molecule has 3 rings (SSSR count). The zero-order chi connectivity index (χ0) is 15.5. The van der Waals surface area contributed by atoms with Crippen LogP contribution >= 0.6 is 0 Å². The number of ether oxygens (including phenoxy) is 1. The Kier molecular flexibility index (Phi) is 4.14. The smallest absolute Gasteiger partial charge is 0.182 e. The largest absolute Gasteiger partial charge is 0.497 e. The molecule has 1 heterocycles. The number of aryl methyl sites for hydroxylation is 2. The maximum atomic E-state index is 12.5. The van der Waals surface area contributed by atoms with E-state index < -0.39 is 0 Å². The van der Waals surface area contributed by atoms with Gasteiger partial charge in [-0.2, -0.15) is 0 Å². The molecule has 0 fully saturated rings. The van der Waals surface area contributed by atoms with Gasteiger partial charge in [-0.3, -0.25) is 4.79 Å².